The van der Waals surface area contributed by atoms with Crippen LogP contribution >= 0.6 is 15.9 Å². The zero-order valence-corrected chi connectivity index (χ0v) is 11.9. The standard InChI is InChI=1S/C14H11BrN4/c1-10-17-13(15)7-14(18-10)19-9-12(8-16-19)11-5-3-2-4-6-11/h2-9H,1H3. The molecule has 3 rings (SSSR count). The molecule has 0 fully saturated rings. The largest absolute Gasteiger partial charge is 0.226 e. The van der Waals surface area contributed by atoms with Gasteiger partial charge in [-0.15, -0.1) is 0 Å². The highest BCUT2D eigenvalue weighted by Crippen LogP contribution is 2.19. The highest BCUT2D eigenvalue weighted by atomic mass is 79.9. The first-order valence-corrected chi connectivity index (χ1v) is 6.63. The Morgan fingerprint density at radius 2 is 1.84 bits per heavy atom. The molecule has 0 radical (unpaired) electrons. The van der Waals surface area contributed by atoms with Crippen molar-refractivity contribution in [3.8, 4) is 16.9 Å². The van der Waals surface area contributed by atoms with Crippen molar-refractivity contribution in [2.24, 2.45) is 0 Å². The van der Waals surface area contributed by atoms with Crippen molar-refractivity contribution in [1.29, 1.82) is 0 Å². The lowest BCUT2D eigenvalue weighted by Crippen LogP contribution is -2.00. The fourth-order valence-electron chi connectivity index (χ4n) is 1.86. The molecule has 94 valence electrons. The van der Waals surface area contributed by atoms with Crippen LogP contribution < -0.4 is 0 Å². The maximum Gasteiger partial charge on any atom is 0.158 e. The summed E-state index contributed by atoms with van der Waals surface area (Å²) < 4.78 is 2.51. The van der Waals surface area contributed by atoms with E-state index in [9.17, 15) is 0 Å². The lowest BCUT2D eigenvalue weighted by Gasteiger charge is -2.02. The Morgan fingerprint density at radius 1 is 1.05 bits per heavy atom. The van der Waals surface area contributed by atoms with Crippen LogP contribution in [0.1, 0.15) is 5.82 Å². The monoisotopic (exact) mass is 314 g/mol. The van der Waals surface area contributed by atoms with Crippen molar-refractivity contribution in [2.75, 3.05) is 0 Å². The Morgan fingerprint density at radius 3 is 2.58 bits per heavy atom. The van der Waals surface area contributed by atoms with Crippen molar-refractivity contribution in [3.05, 3.63) is 59.2 Å². The third kappa shape index (κ3) is 2.56. The van der Waals surface area contributed by atoms with E-state index in [2.05, 4.69) is 43.1 Å². The molecule has 19 heavy (non-hydrogen) atoms. The van der Waals surface area contributed by atoms with Crippen LogP contribution in [0, 0.1) is 6.92 Å². The zero-order chi connectivity index (χ0) is 13.2. The van der Waals surface area contributed by atoms with Gasteiger partial charge in [0.25, 0.3) is 0 Å². The smallest absolute Gasteiger partial charge is 0.158 e. The fraction of sp³-hybridized carbons (Fsp3) is 0.0714. The van der Waals surface area contributed by atoms with Crippen LogP contribution in [0.25, 0.3) is 16.9 Å². The van der Waals surface area contributed by atoms with Gasteiger partial charge in [0.05, 0.1) is 6.20 Å². The summed E-state index contributed by atoms with van der Waals surface area (Å²) in [6, 6.07) is 12.0. The van der Waals surface area contributed by atoms with E-state index < -0.39 is 0 Å². The number of hydrogen-bond acceptors (Lipinski definition) is 3. The molecule has 2 aromatic heterocycles. The first-order chi connectivity index (χ1) is 9.22. The van der Waals surface area contributed by atoms with Crippen molar-refractivity contribution >= 4 is 15.9 Å². The number of benzene rings is 1. The summed E-state index contributed by atoms with van der Waals surface area (Å²) in [6.07, 6.45) is 3.80. The molecule has 0 amide bonds. The molecule has 0 atom stereocenters. The predicted molar refractivity (Wildman–Crippen MR) is 77.0 cm³/mol. The van der Waals surface area contributed by atoms with E-state index in [0.29, 0.717) is 5.82 Å². The Bertz CT molecular complexity index is 686. The molecule has 3 aromatic rings. The minimum Gasteiger partial charge on any atom is -0.226 e. The van der Waals surface area contributed by atoms with E-state index in [1.807, 2.05) is 43.6 Å². The predicted octanol–water partition coefficient (Wildman–Crippen LogP) is 3.40. The number of aromatic nitrogens is 4. The molecule has 0 spiro atoms. The van der Waals surface area contributed by atoms with Gasteiger partial charge in [-0.05, 0) is 28.4 Å². The van der Waals surface area contributed by atoms with Crippen LogP contribution in [0.2, 0.25) is 0 Å². The maximum atomic E-state index is 4.37. The van der Waals surface area contributed by atoms with Crippen LogP contribution in [-0.4, -0.2) is 19.7 Å². The number of rotatable bonds is 2. The normalized spacial score (nSPS) is 10.6. The van der Waals surface area contributed by atoms with Crippen LogP contribution in [0.3, 0.4) is 0 Å². The number of aryl methyl sites for hydroxylation is 1. The van der Waals surface area contributed by atoms with Gasteiger partial charge < -0.3 is 0 Å². The van der Waals surface area contributed by atoms with Gasteiger partial charge in [0.2, 0.25) is 0 Å². The SMILES string of the molecule is Cc1nc(Br)cc(-n2cc(-c3ccccc3)cn2)n1. The molecular formula is C14H11BrN4. The van der Waals surface area contributed by atoms with E-state index in [0.717, 1.165) is 21.5 Å². The maximum absolute atomic E-state index is 4.37. The van der Waals surface area contributed by atoms with Crippen LogP contribution in [0.4, 0.5) is 0 Å². The van der Waals surface area contributed by atoms with Gasteiger partial charge in [0, 0.05) is 17.8 Å². The molecule has 0 saturated heterocycles. The van der Waals surface area contributed by atoms with Gasteiger partial charge in [-0.25, -0.2) is 14.6 Å². The summed E-state index contributed by atoms with van der Waals surface area (Å²) in [6.45, 7) is 1.86. The Labute approximate surface area is 119 Å². The van der Waals surface area contributed by atoms with Crippen molar-refractivity contribution < 1.29 is 0 Å². The van der Waals surface area contributed by atoms with Gasteiger partial charge in [-0.3, -0.25) is 0 Å². The lowest BCUT2D eigenvalue weighted by molar-refractivity contribution is 0.825. The summed E-state index contributed by atoms with van der Waals surface area (Å²) in [4.78, 5) is 8.56. The van der Waals surface area contributed by atoms with Gasteiger partial charge in [0.1, 0.15) is 10.4 Å². The second-order valence-corrected chi connectivity index (χ2v) is 4.95. The quantitative estimate of drug-likeness (QED) is 0.681. The topological polar surface area (TPSA) is 43.6 Å². The molecule has 0 aliphatic heterocycles. The van der Waals surface area contributed by atoms with Gasteiger partial charge in [-0.2, -0.15) is 5.10 Å². The van der Waals surface area contributed by atoms with Crippen LogP contribution in [0.5, 0.6) is 0 Å². The minimum absolute atomic E-state index is 0.709. The fourth-order valence-corrected chi connectivity index (χ4v) is 2.32. The highest BCUT2D eigenvalue weighted by molar-refractivity contribution is 9.10. The molecule has 0 aliphatic carbocycles. The van der Waals surface area contributed by atoms with E-state index in [1.54, 1.807) is 4.68 Å². The molecule has 0 saturated carbocycles. The highest BCUT2D eigenvalue weighted by Gasteiger charge is 2.06. The van der Waals surface area contributed by atoms with Crippen molar-refractivity contribution in [3.63, 3.8) is 0 Å². The van der Waals surface area contributed by atoms with Crippen LogP contribution in [-0.2, 0) is 0 Å². The van der Waals surface area contributed by atoms with Gasteiger partial charge in [0.15, 0.2) is 5.82 Å². The molecule has 0 N–H and O–H groups in total. The minimum atomic E-state index is 0.709. The van der Waals surface area contributed by atoms with Gasteiger partial charge in [-0.1, -0.05) is 30.3 Å². The van der Waals surface area contributed by atoms with Crippen molar-refractivity contribution in [2.45, 2.75) is 6.92 Å². The average Bonchev–Trinajstić information content (AvgIpc) is 2.88. The van der Waals surface area contributed by atoms with Gasteiger partial charge >= 0.3 is 0 Å². The summed E-state index contributed by atoms with van der Waals surface area (Å²) >= 11 is 3.37. The zero-order valence-electron chi connectivity index (χ0n) is 10.3. The number of nitrogens with zero attached hydrogens (tertiary/aromatic N) is 4. The van der Waals surface area contributed by atoms with Crippen LogP contribution in [0.15, 0.2) is 53.4 Å². The summed E-state index contributed by atoms with van der Waals surface area (Å²) in [5, 5.41) is 4.35. The Balaban J connectivity index is 2.02. The van der Waals surface area contributed by atoms with E-state index >= 15 is 0 Å². The molecule has 1 aromatic carbocycles. The van der Waals surface area contributed by atoms with Crippen molar-refractivity contribution in [1.82, 2.24) is 19.7 Å². The average molecular weight is 315 g/mol. The summed E-state index contributed by atoms with van der Waals surface area (Å²) in [5.41, 5.74) is 2.20. The first kappa shape index (κ1) is 12.0. The third-order valence-corrected chi connectivity index (χ3v) is 3.12. The molecule has 0 unspecified atom stereocenters. The first-order valence-electron chi connectivity index (χ1n) is 5.84. The Hall–Kier alpha value is -2.01. The number of halogens is 1. The lowest BCUT2D eigenvalue weighted by atomic mass is 10.1. The summed E-state index contributed by atoms with van der Waals surface area (Å²) in [7, 11) is 0. The Kier molecular flexibility index (Phi) is 3.13. The molecule has 0 aliphatic rings. The third-order valence-electron chi connectivity index (χ3n) is 2.72. The molecular weight excluding hydrogens is 304 g/mol. The second kappa shape index (κ2) is 4.93. The summed E-state index contributed by atoms with van der Waals surface area (Å²) in [5.74, 6) is 1.46. The molecule has 4 nitrogen and oxygen atoms in total. The van der Waals surface area contributed by atoms with E-state index in [4.69, 9.17) is 0 Å². The second-order valence-electron chi connectivity index (χ2n) is 4.14. The molecule has 5 heteroatoms. The van der Waals surface area contributed by atoms with E-state index in [1.165, 1.54) is 0 Å². The number of hydrogen-bond donors (Lipinski definition) is 0. The molecule has 0 bridgehead atoms. The molecule has 2 heterocycles. The van der Waals surface area contributed by atoms with E-state index in [-0.39, 0.29) is 0 Å².